The van der Waals surface area contributed by atoms with Crippen LogP contribution < -0.4 is 5.32 Å². The molecule has 3 rings (SSSR count). The molecule has 1 aromatic heterocycles. The number of carboxylic acids is 1. The van der Waals surface area contributed by atoms with Crippen molar-refractivity contribution in [3.8, 4) is 0 Å². The molecule has 0 spiro atoms. The molecule has 1 saturated heterocycles. The normalized spacial score (nSPS) is 17.7. The predicted molar refractivity (Wildman–Crippen MR) is 115 cm³/mol. The lowest BCUT2D eigenvalue weighted by Gasteiger charge is -2.27. The Morgan fingerprint density at radius 2 is 1.97 bits per heavy atom. The van der Waals surface area contributed by atoms with E-state index in [0.717, 1.165) is 25.1 Å². The van der Waals surface area contributed by atoms with E-state index in [0.29, 0.717) is 25.3 Å². The third-order valence-electron chi connectivity index (χ3n) is 5.46. The fourth-order valence-electron chi connectivity index (χ4n) is 3.77. The number of nitrogens with zero attached hydrogens (tertiary/aromatic N) is 1. The van der Waals surface area contributed by atoms with Crippen LogP contribution in [0.5, 0.6) is 0 Å². The zero-order valence-electron chi connectivity index (χ0n) is 18.1. The monoisotopic (exact) mass is 500 g/mol. The maximum Gasteiger partial charge on any atom is 0.417 e. The molecule has 34 heavy (non-hydrogen) atoms. The van der Waals surface area contributed by atoms with Gasteiger partial charge in [-0.15, -0.1) is 0 Å². The quantitative estimate of drug-likeness (QED) is 0.591. The van der Waals surface area contributed by atoms with Crippen LogP contribution in [0.3, 0.4) is 0 Å². The smallest absolute Gasteiger partial charge is 0.417 e. The summed E-state index contributed by atoms with van der Waals surface area (Å²) < 4.78 is 70.5. The maximum absolute atomic E-state index is 13.7. The van der Waals surface area contributed by atoms with Crippen LogP contribution >= 0.6 is 0 Å². The van der Waals surface area contributed by atoms with E-state index in [1.54, 1.807) is 0 Å². The summed E-state index contributed by atoms with van der Waals surface area (Å²) in [6.45, 7) is 0.470. The molecule has 2 N–H and O–H groups in total. The molecule has 0 aliphatic carbocycles. The molecule has 2 heterocycles. The third kappa shape index (κ3) is 6.32. The summed E-state index contributed by atoms with van der Waals surface area (Å²) in [5.74, 6) is -2.96. The second-order valence-electron chi connectivity index (χ2n) is 8.03. The molecule has 2 aromatic rings. The first-order chi connectivity index (χ1) is 15.9. The lowest BCUT2D eigenvalue weighted by Crippen LogP contribution is -2.29. The number of halogens is 3. The van der Waals surface area contributed by atoms with E-state index in [1.807, 2.05) is 0 Å². The van der Waals surface area contributed by atoms with Crippen LogP contribution in [0.15, 0.2) is 41.4 Å². The molecule has 0 saturated carbocycles. The minimum atomic E-state index is -4.95. The minimum absolute atomic E-state index is 0.0199. The van der Waals surface area contributed by atoms with Gasteiger partial charge in [-0.3, -0.25) is 4.79 Å². The van der Waals surface area contributed by atoms with Crippen molar-refractivity contribution in [1.82, 2.24) is 4.98 Å². The number of hydrogen-bond acceptors (Lipinski definition) is 6. The number of nitrogens with one attached hydrogen (secondary N) is 1. The molecule has 0 radical (unpaired) electrons. The summed E-state index contributed by atoms with van der Waals surface area (Å²) in [5, 5.41) is 11.5. The molecule has 2 unspecified atom stereocenters. The number of ether oxygens (including phenoxy) is 1. The highest BCUT2D eigenvalue weighted by Crippen LogP contribution is 2.37. The highest BCUT2D eigenvalue weighted by molar-refractivity contribution is 7.90. The molecule has 1 aromatic carbocycles. The molecule has 2 atom stereocenters. The van der Waals surface area contributed by atoms with Gasteiger partial charge in [0.2, 0.25) is 5.91 Å². The van der Waals surface area contributed by atoms with Crippen molar-refractivity contribution in [3.63, 3.8) is 0 Å². The van der Waals surface area contributed by atoms with Gasteiger partial charge in [0.05, 0.1) is 28.0 Å². The van der Waals surface area contributed by atoms with Gasteiger partial charge in [-0.05, 0) is 55.5 Å². The minimum Gasteiger partial charge on any atom is -0.478 e. The lowest BCUT2D eigenvalue weighted by molar-refractivity contribution is -0.140. The molecule has 1 aliphatic rings. The highest BCUT2D eigenvalue weighted by Gasteiger charge is 2.38. The standard InChI is InChI=1S/C22H23F3N2O6S/c1-34(31,32)18-7-5-13(10-17(18)22(23,24)25)16(11-15-4-2-3-9-33-15)20(28)27-19-8-6-14(12-26-19)21(29)30/h5-8,10,12,15-16H,2-4,9,11H2,1H3,(H,29,30)(H,26,27,28). The predicted octanol–water partition coefficient (Wildman–Crippen LogP) is 3.88. The highest BCUT2D eigenvalue weighted by atomic mass is 32.2. The first kappa shape index (κ1) is 25.6. The molecule has 184 valence electrons. The first-order valence-corrected chi connectivity index (χ1v) is 12.3. The zero-order chi connectivity index (χ0) is 25.1. The van der Waals surface area contributed by atoms with Gasteiger partial charge in [0.25, 0.3) is 0 Å². The average molecular weight is 500 g/mol. The Hall–Kier alpha value is -2.99. The van der Waals surface area contributed by atoms with Crippen LogP contribution in [0.1, 0.15) is 53.1 Å². The number of pyridine rings is 1. The fourth-order valence-corrected chi connectivity index (χ4v) is 4.66. The van der Waals surface area contributed by atoms with Gasteiger partial charge in [-0.1, -0.05) is 6.07 Å². The van der Waals surface area contributed by atoms with Gasteiger partial charge in [0, 0.05) is 19.1 Å². The van der Waals surface area contributed by atoms with E-state index in [-0.39, 0.29) is 29.5 Å². The van der Waals surface area contributed by atoms with E-state index in [1.165, 1.54) is 18.2 Å². The van der Waals surface area contributed by atoms with Gasteiger partial charge in [0.1, 0.15) is 5.82 Å². The van der Waals surface area contributed by atoms with Crippen molar-refractivity contribution >= 4 is 27.5 Å². The van der Waals surface area contributed by atoms with Gasteiger partial charge in [0.15, 0.2) is 9.84 Å². The van der Waals surface area contributed by atoms with Crippen molar-refractivity contribution in [2.45, 2.75) is 48.8 Å². The number of hydrogen-bond donors (Lipinski definition) is 2. The summed E-state index contributed by atoms with van der Waals surface area (Å²) in [5.41, 5.74) is -1.47. The Bertz CT molecular complexity index is 1160. The topological polar surface area (TPSA) is 123 Å². The van der Waals surface area contributed by atoms with Crippen LogP contribution in [-0.4, -0.2) is 49.4 Å². The Morgan fingerprint density at radius 3 is 2.50 bits per heavy atom. The van der Waals surface area contributed by atoms with E-state index in [4.69, 9.17) is 9.84 Å². The second kappa shape index (κ2) is 10.1. The van der Waals surface area contributed by atoms with Gasteiger partial charge >= 0.3 is 12.1 Å². The van der Waals surface area contributed by atoms with Gasteiger partial charge in [-0.2, -0.15) is 13.2 Å². The third-order valence-corrected chi connectivity index (χ3v) is 6.62. The first-order valence-electron chi connectivity index (χ1n) is 10.4. The number of carbonyl (C=O) groups excluding carboxylic acids is 1. The molecule has 1 aliphatic heterocycles. The summed E-state index contributed by atoms with van der Waals surface area (Å²) in [6, 6.07) is 5.23. The van der Waals surface area contributed by atoms with Crippen LogP contribution in [0.25, 0.3) is 0 Å². The summed E-state index contributed by atoms with van der Waals surface area (Å²) in [6.07, 6.45) is -1.20. The summed E-state index contributed by atoms with van der Waals surface area (Å²) >= 11 is 0. The molecular weight excluding hydrogens is 477 g/mol. The van der Waals surface area contributed by atoms with Gasteiger partial charge < -0.3 is 15.2 Å². The molecular formula is C22H23F3N2O6S. The number of rotatable bonds is 7. The average Bonchev–Trinajstić information content (AvgIpc) is 2.77. The van der Waals surface area contributed by atoms with Crippen LogP contribution in [0, 0.1) is 0 Å². The lowest BCUT2D eigenvalue weighted by atomic mass is 9.89. The van der Waals surface area contributed by atoms with E-state index in [2.05, 4.69) is 10.3 Å². The summed E-state index contributed by atoms with van der Waals surface area (Å²) in [7, 11) is -4.17. The number of anilines is 1. The van der Waals surface area contributed by atoms with E-state index < -0.39 is 44.3 Å². The number of aromatic nitrogens is 1. The molecule has 8 nitrogen and oxygen atoms in total. The molecule has 0 bridgehead atoms. The largest absolute Gasteiger partial charge is 0.478 e. The van der Waals surface area contributed by atoms with Crippen molar-refractivity contribution in [2.24, 2.45) is 0 Å². The fraction of sp³-hybridized carbons (Fsp3) is 0.409. The Balaban J connectivity index is 1.98. The number of aromatic carboxylic acids is 1. The van der Waals surface area contributed by atoms with Crippen molar-refractivity contribution in [2.75, 3.05) is 18.2 Å². The number of carboxylic acid groups (broad SMARTS) is 1. The Kier molecular flexibility index (Phi) is 7.61. The van der Waals surface area contributed by atoms with E-state index >= 15 is 0 Å². The SMILES string of the molecule is CS(=O)(=O)c1ccc(C(CC2CCCCO2)C(=O)Nc2ccc(C(=O)O)cn2)cc1C(F)(F)F. The Labute approximate surface area is 194 Å². The van der Waals surface area contributed by atoms with Crippen molar-refractivity contribution in [3.05, 3.63) is 53.2 Å². The second-order valence-corrected chi connectivity index (χ2v) is 10.0. The number of carbonyl (C=O) groups is 2. The Morgan fingerprint density at radius 1 is 1.24 bits per heavy atom. The zero-order valence-corrected chi connectivity index (χ0v) is 18.9. The maximum atomic E-state index is 13.7. The number of sulfone groups is 1. The van der Waals surface area contributed by atoms with Gasteiger partial charge in [-0.25, -0.2) is 18.2 Å². The summed E-state index contributed by atoms with van der Waals surface area (Å²) in [4.78, 5) is 27.1. The molecule has 1 fully saturated rings. The van der Waals surface area contributed by atoms with Crippen LogP contribution in [0.2, 0.25) is 0 Å². The van der Waals surface area contributed by atoms with Crippen molar-refractivity contribution in [1.29, 1.82) is 0 Å². The number of benzene rings is 1. The van der Waals surface area contributed by atoms with Crippen LogP contribution in [-0.2, 0) is 25.5 Å². The van der Waals surface area contributed by atoms with Crippen molar-refractivity contribution < 1.29 is 41.0 Å². The number of alkyl halides is 3. The van der Waals surface area contributed by atoms with Crippen LogP contribution in [0.4, 0.5) is 19.0 Å². The van der Waals surface area contributed by atoms with E-state index in [9.17, 15) is 31.2 Å². The number of amides is 1. The molecule has 1 amide bonds. The molecule has 12 heteroatoms.